The molecule has 27 heavy (non-hydrogen) atoms. The first-order valence-electron chi connectivity index (χ1n) is 9.26. The van der Waals surface area contributed by atoms with Gasteiger partial charge in [0.25, 0.3) is 0 Å². The van der Waals surface area contributed by atoms with E-state index in [2.05, 4.69) is 0 Å². The van der Waals surface area contributed by atoms with Gasteiger partial charge in [-0.2, -0.15) is 22.7 Å². The second kappa shape index (κ2) is 7.26. The Morgan fingerprint density at radius 1 is 0.593 bits per heavy atom. The Morgan fingerprint density at radius 3 is 1.11 bits per heavy atom. The first-order valence-corrected chi connectivity index (χ1v) is 9.26. The molecule has 0 nitrogen and oxygen atoms in total. The van der Waals surface area contributed by atoms with Gasteiger partial charge in [-0.05, 0) is 37.5 Å². The van der Waals surface area contributed by atoms with Gasteiger partial charge in [0.15, 0.2) is 0 Å². The summed E-state index contributed by atoms with van der Waals surface area (Å²) in [5.41, 5.74) is 3.87. The van der Waals surface area contributed by atoms with E-state index in [-0.39, 0.29) is 17.5 Å². The lowest BCUT2D eigenvalue weighted by Crippen LogP contribution is -2.67. The first-order chi connectivity index (χ1) is 12.8. The van der Waals surface area contributed by atoms with Crippen molar-refractivity contribution in [2.45, 2.75) is 34.0 Å². The summed E-state index contributed by atoms with van der Waals surface area (Å²) < 4.78 is 43.3. The van der Waals surface area contributed by atoms with Gasteiger partial charge in [0.05, 0.1) is 6.15 Å². The predicted molar refractivity (Wildman–Crippen MR) is 109 cm³/mol. The largest absolute Gasteiger partial charge is 0.207 e. The molecule has 0 amide bonds. The molecule has 3 aromatic rings. The molecule has 0 heterocycles. The monoisotopic (exact) mass is 367 g/mol. The topological polar surface area (TPSA) is 0 Å². The Kier molecular flexibility index (Phi) is 5.19. The summed E-state index contributed by atoms with van der Waals surface area (Å²) in [6, 6.07) is 15.3. The molecule has 0 radical (unpaired) electrons. The third-order valence-electron chi connectivity index (χ3n) is 5.91. The molecule has 0 aromatic heterocycles. The molecule has 0 saturated carbocycles. The first kappa shape index (κ1) is 19.3. The van der Waals surface area contributed by atoms with Gasteiger partial charge in [-0.1, -0.05) is 61.5 Å². The zero-order valence-corrected chi connectivity index (χ0v) is 16.1. The summed E-state index contributed by atoms with van der Waals surface area (Å²) in [4.78, 5) is 0. The van der Waals surface area contributed by atoms with Crippen molar-refractivity contribution in [2.24, 2.45) is 0 Å². The zero-order chi connectivity index (χ0) is 19.8. The van der Waals surface area contributed by atoms with Gasteiger partial charge in [0.1, 0.15) is 17.5 Å². The molecule has 0 unspecified atom stereocenters. The maximum Gasteiger partial charge on any atom is 0.123 e. The molecule has 3 aromatic carbocycles. The Labute approximate surface area is 159 Å². The second-order valence-corrected chi connectivity index (χ2v) is 7.48. The molecule has 0 atom stereocenters. The number of rotatable bonds is 4. The van der Waals surface area contributed by atoms with Gasteiger partial charge in [0.2, 0.25) is 0 Å². The van der Waals surface area contributed by atoms with Gasteiger partial charge in [-0.3, -0.25) is 0 Å². The summed E-state index contributed by atoms with van der Waals surface area (Å²) in [6.45, 7) is 7.10. The predicted octanol–water partition coefficient (Wildman–Crippen LogP) is 4.52. The maximum absolute atomic E-state index is 14.4. The molecule has 0 aliphatic carbocycles. The van der Waals surface area contributed by atoms with Crippen LogP contribution in [0.2, 0.25) is 6.32 Å². The van der Waals surface area contributed by atoms with Crippen molar-refractivity contribution in [3.05, 3.63) is 88.7 Å². The third kappa shape index (κ3) is 3.29. The normalized spacial score (nSPS) is 11.7. The van der Waals surface area contributed by atoms with E-state index in [1.54, 1.807) is 39.0 Å². The van der Waals surface area contributed by atoms with Crippen molar-refractivity contribution >= 4 is 22.5 Å². The molecule has 0 aliphatic rings. The standard InChI is InChI=1S/C23H23BF3/c1-5-24(18-9-6-15(2)21(25)12-18,19-10-7-16(3)22(26)13-19)20-11-8-17(4)23(27)14-20/h6-14H,5H2,1-4H3/q-1. The Balaban J connectivity index is 2.37. The lowest BCUT2D eigenvalue weighted by molar-refractivity contribution is 0.619. The van der Waals surface area contributed by atoms with Gasteiger partial charge in [-0.25, -0.2) is 13.2 Å². The smallest absolute Gasteiger partial charge is 0.123 e. The maximum atomic E-state index is 14.4. The van der Waals surface area contributed by atoms with Crippen LogP contribution in [0.4, 0.5) is 13.2 Å². The minimum absolute atomic E-state index is 0.313. The Hall–Kier alpha value is -2.49. The molecule has 0 bridgehead atoms. The van der Waals surface area contributed by atoms with Crippen molar-refractivity contribution < 1.29 is 13.2 Å². The van der Waals surface area contributed by atoms with Gasteiger partial charge in [-0.15, -0.1) is 0 Å². The van der Waals surface area contributed by atoms with Crippen LogP contribution in [0.15, 0.2) is 54.6 Å². The average molecular weight is 367 g/mol. The highest BCUT2D eigenvalue weighted by molar-refractivity contribution is 7.11. The van der Waals surface area contributed by atoms with Crippen LogP contribution in [0, 0.1) is 38.2 Å². The minimum Gasteiger partial charge on any atom is -0.207 e. The van der Waals surface area contributed by atoms with E-state index >= 15 is 0 Å². The SMILES string of the molecule is CC[B-](c1ccc(C)c(F)c1)(c1ccc(C)c(F)c1)c1ccc(C)c(F)c1. The van der Waals surface area contributed by atoms with Crippen LogP contribution in [-0.2, 0) is 0 Å². The lowest BCUT2D eigenvalue weighted by Gasteiger charge is -2.42. The summed E-state index contributed by atoms with van der Waals surface area (Å²) in [6.07, 6.45) is -1.13. The van der Waals surface area contributed by atoms with Crippen molar-refractivity contribution in [1.82, 2.24) is 0 Å². The van der Waals surface area contributed by atoms with Crippen molar-refractivity contribution in [3.63, 3.8) is 0 Å². The third-order valence-corrected chi connectivity index (χ3v) is 5.91. The van der Waals surface area contributed by atoms with E-state index in [0.29, 0.717) is 23.0 Å². The van der Waals surface area contributed by atoms with E-state index in [0.717, 1.165) is 16.4 Å². The number of aryl methyl sites for hydroxylation is 3. The molecule has 0 spiro atoms. The van der Waals surface area contributed by atoms with E-state index in [1.807, 2.05) is 25.1 Å². The van der Waals surface area contributed by atoms with Crippen LogP contribution in [0.5, 0.6) is 0 Å². The minimum atomic E-state index is -1.72. The Bertz CT molecular complexity index is 870. The highest BCUT2D eigenvalue weighted by atomic mass is 19.1. The number of hydrogen-bond donors (Lipinski definition) is 0. The molecule has 0 N–H and O–H groups in total. The van der Waals surface area contributed by atoms with Crippen LogP contribution < -0.4 is 16.4 Å². The van der Waals surface area contributed by atoms with Crippen LogP contribution in [0.1, 0.15) is 23.6 Å². The fraction of sp³-hybridized carbons (Fsp3) is 0.217. The fourth-order valence-electron chi connectivity index (χ4n) is 4.03. The second-order valence-electron chi connectivity index (χ2n) is 7.48. The van der Waals surface area contributed by atoms with Crippen LogP contribution in [0.25, 0.3) is 0 Å². The van der Waals surface area contributed by atoms with Crippen molar-refractivity contribution in [2.75, 3.05) is 0 Å². The Morgan fingerprint density at radius 2 is 0.889 bits per heavy atom. The highest BCUT2D eigenvalue weighted by Gasteiger charge is 2.29. The van der Waals surface area contributed by atoms with Crippen LogP contribution in [0.3, 0.4) is 0 Å². The summed E-state index contributed by atoms with van der Waals surface area (Å²) in [7, 11) is 0. The van der Waals surface area contributed by atoms with Gasteiger partial charge < -0.3 is 0 Å². The number of benzene rings is 3. The zero-order valence-electron chi connectivity index (χ0n) is 16.1. The average Bonchev–Trinajstić information content (AvgIpc) is 2.64. The van der Waals surface area contributed by atoms with E-state index in [9.17, 15) is 13.2 Å². The molecule has 0 saturated heterocycles. The highest BCUT2D eigenvalue weighted by Crippen LogP contribution is 2.17. The molecular formula is C23H23BF3-. The number of halogens is 3. The van der Waals surface area contributed by atoms with Crippen molar-refractivity contribution in [3.8, 4) is 0 Å². The molecule has 0 aliphatic heterocycles. The quantitative estimate of drug-likeness (QED) is 0.595. The lowest BCUT2D eigenvalue weighted by atomic mass is 9.14. The molecule has 140 valence electrons. The van der Waals surface area contributed by atoms with Crippen LogP contribution >= 0.6 is 0 Å². The molecular weight excluding hydrogens is 344 g/mol. The van der Waals surface area contributed by atoms with Crippen LogP contribution in [-0.4, -0.2) is 6.15 Å². The number of hydrogen-bond acceptors (Lipinski definition) is 0. The summed E-state index contributed by atoms with van der Waals surface area (Å²) in [5.74, 6) is -0.938. The fourth-order valence-corrected chi connectivity index (χ4v) is 4.03. The molecule has 3 rings (SSSR count). The summed E-state index contributed by atoms with van der Waals surface area (Å²) >= 11 is 0. The van der Waals surface area contributed by atoms with Gasteiger partial charge in [0, 0.05) is 0 Å². The van der Waals surface area contributed by atoms with E-state index < -0.39 is 6.15 Å². The summed E-state index contributed by atoms with van der Waals surface area (Å²) in [5, 5.41) is 0. The molecule has 0 fully saturated rings. The molecule has 4 heteroatoms. The van der Waals surface area contributed by atoms with Gasteiger partial charge >= 0.3 is 0 Å². The van der Waals surface area contributed by atoms with Crippen molar-refractivity contribution in [1.29, 1.82) is 0 Å². The van der Waals surface area contributed by atoms with E-state index in [1.165, 1.54) is 18.2 Å². The van der Waals surface area contributed by atoms with E-state index in [4.69, 9.17) is 0 Å².